The molecule has 1 aromatic carbocycles. The molecule has 1 aliphatic carbocycles. The molecular weight excluding hydrogens is 338 g/mol. The molecule has 148 valence electrons. The van der Waals surface area contributed by atoms with Gasteiger partial charge in [-0.05, 0) is 68.9 Å². The maximum Gasteiger partial charge on any atom is 0.227 e. The van der Waals surface area contributed by atoms with Gasteiger partial charge < -0.3 is 15.4 Å². The van der Waals surface area contributed by atoms with Crippen molar-refractivity contribution in [1.82, 2.24) is 15.5 Å². The summed E-state index contributed by atoms with van der Waals surface area (Å²) in [5, 5.41) is 6.85. The van der Waals surface area contributed by atoms with Gasteiger partial charge in [-0.1, -0.05) is 25.0 Å². The van der Waals surface area contributed by atoms with Crippen LogP contribution in [0, 0.1) is 11.3 Å². The second-order valence-corrected chi connectivity index (χ2v) is 8.47. The fourth-order valence-corrected chi connectivity index (χ4v) is 5.39. The molecule has 5 heteroatoms. The zero-order chi connectivity index (χ0) is 18.7. The van der Waals surface area contributed by atoms with E-state index in [2.05, 4.69) is 27.7 Å². The highest BCUT2D eigenvalue weighted by Crippen LogP contribution is 2.44. The Morgan fingerprint density at radius 3 is 2.78 bits per heavy atom. The Morgan fingerprint density at radius 1 is 1.26 bits per heavy atom. The third-order valence-corrected chi connectivity index (χ3v) is 7.03. The number of benzene rings is 1. The van der Waals surface area contributed by atoms with Crippen LogP contribution >= 0.6 is 0 Å². The molecule has 1 aromatic rings. The van der Waals surface area contributed by atoms with Crippen LogP contribution in [0.5, 0.6) is 5.75 Å². The number of hydrogen-bond donors (Lipinski definition) is 2. The summed E-state index contributed by atoms with van der Waals surface area (Å²) >= 11 is 0. The Bertz CT molecular complexity index is 641. The molecule has 0 radical (unpaired) electrons. The van der Waals surface area contributed by atoms with Gasteiger partial charge >= 0.3 is 0 Å². The average Bonchev–Trinajstić information content (AvgIpc) is 3.39. The lowest BCUT2D eigenvalue weighted by atomic mass is 9.67. The zero-order valence-corrected chi connectivity index (χ0v) is 16.5. The number of nitrogens with one attached hydrogen (secondary N) is 2. The molecule has 3 aliphatic rings. The van der Waals surface area contributed by atoms with Crippen LogP contribution in [0.2, 0.25) is 0 Å². The first-order chi connectivity index (χ1) is 13.2. The molecule has 1 amide bonds. The molecule has 2 heterocycles. The van der Waals surface area contributed by atoms with Crippen molar-refractivity contribution in [2.75, 3.05) is 39.8 Å². The Hall–Kier alpha value is -1.59. The maximum atomic E-state index is 13.3. The van der Waals surface area contributed by atoms with E-state index in [0.29, 0.717) is 12.5 Å². The van der Waals surface area contributed by atoms with Crippen molar-refractivity contribution in [3.8, 4) is 5.75 Å². The fraction of sp³-hybridized carbons (Fsp3) is 0.682. The molecular formula is C22H33N3O2. The van der Waals surface area contributed by atoms with Crippen LogP contribution in [0.25, 0.3) is 0 Å². The minimum absolute atomic E-state index is 0.173. The topological polar surface area (TPSA) is 53.6 Å². The van der Waals surface area contributed by atoms with Crippen LogP contribution in [-0.4, -0.2) is 50.6 Å². The first-order valence-corrected chi connectivity index (χ1v) is 10.6. The molecule has 3 fully saturated rings. The predicted octanol–water partition coefficient (Wildman–Crippen LogP) is 2.73. The molecule has 2 aliphatic heterocycles. The molecule has 0 spiro atoms. The van der Waals surface area contributed by atoms with E-state index in [1.807, 2.05) is 12.1 Å². The summed E-state index contributed by atoms with van der Waals surface area (Å²) in [5.41, 5.74) is 1.09. The first kappa shape index (κ1) is 18.8. The molecule has 5 nitrogen and oxygen atoms in total. The van der Waals surface area contributed by atoms with Crippen molar-refractivity contribution < 1.29 is 9.53 Å². The van der Waals surface area contributed by atoms with Gasteiger partial charge in [-0.25, -0.2) is 0 Å². The third kappa shape index (κ3) is 3.72. The quantitative estimate of drug-likeness (QED) is 0.807. The molecule has 2 N–H and O–H groups in total. The largest absolute Gasteiger partial charge is 0.497 e. The van der Waals surface area contributed by atoms with E-state index in [1.165, 1.54) is 37.7 Å². The first-order valence-electron chi connectivity index (χ1n) is 10.6. The van der Waals surface area contributed by atoms with Gasteiger partial charge in [0.05, 0.1) is 18.6 Å². The van der Waals surface area contributed by atoms with Crippen molar-refractivity contribution in [3.63, 3.8) is 0 Å². The Labute approximate surface area is 162 Å². The number of carbonyl (C=O) groups is 1. The van der Waals surface area contributed by atoms with Crippen LogP contribution in [0.3, 0.4) is 0 Å². The minimum atomic E-state index is -0.173. The third-order valence-electron chi connectivity index (χ3n) is 7.03. The monoisotopic (exact) mass is 371 g/mol. The second-order valence-electron chi connectivity index (χ2n) is 8.47. The van der Waals surface area contributed by atoms with Crippen molar-refractivity contribution in [1.29, 1.82) is 0 Å². The van der Waals surface area contributed by atoms with E-state index < -0.39 is 0 Å². The summed E-state index contributed by atoms with van der Waals surface area (Å²) in [6.45, 7) is 4.77. The van der Waals surface area contributed by atoms with Gasteiger partial charge in [0, 0.05) is 13.1 Å². The van der Waals surface area contributed by atoms with Crippen molar-refractivity contribution in [3.05, 3.63) is 29.8 Å². The lowest BCUT2D eigenvalue weighted by Crippen LogP contribution is -2.49. The molecule has 1 saturated carbocycles. The highest BCUT2D eigenvalue weighted by molar-refractivity contribution is 5.84. The molecule has 2 saturated heterocycles. The number of carbonyl (C=O) groups excluding carboxylic acids is 1. The molecule has 1 unspecified atom stereocenters. The number of fused-ring (bicyclic) bond motifs is 1. The Morgan fingerprint density at radius 2 is 2.04 bits per heavy atom. The summed E-state index contributed by atoms with van der Waals surface area (Å²) in [6.07, 6.45) is 7.16. The van der Waals surface area contributed by atoms with E-state index in [1.54, 1.807) is 7.11 Å². The number of ether oxygens (including phenoxy) is 1. The highest BCUT2D eigenvalue weighted by Gasteiger charge is 2.49. The van der Waals surface area contributed by atoms with Gasteiger partial charge in [-0.2, -0.15) is 0 Å². The summed E-state index contributed by atoms with van der Waals surface area (Å²) in [4.78, 5) is 15.8. The van der Waals surface area contributed by atoms with Crippen molar-refractivity contribution in [2.24, 2.45) is 11.3 Å². The number of nitrogens with zero attached hydrogens (tertiary/aromatic N) is 1. The molecule has 27 heavy (non-hydrogen) atoms. The summed E-state index contributed by atoms with van der Waals surface area (Å²) in [7, 11) is 1.70. The summed E-state index contributed by atoms with van der Waals surface area (Å²) in [5.74, 6) is 1.66. The molecule has 0 aromatic heterocycles. The van der Waals surface area contributed by atoms with Crippen LogP contribution in [-0.2, 0) is 4.79 Å². The van der Waals surface area contributed by atoms with Crippen molar-refractivity contribution in [2.45, 2.75) is 44.6 Å². The number of hydrogen-bond acceptors (Lipinski definition) is 4. The van der Waals surface area contributed by atoms with E-state index in [4.69, 9.17) is 4.74 Å². The average molecular weight is 372 g/mol. The zero-order valence-electron chi connectivity index (χ0n) is 16.5. The smallest absolute Gasteiger partial charge is 0.227 e. The minimum Gasteiger partial charge on any atom is -0.497 e. The van der Waals surface area contributed by atoms with Crippen LogP contribution in [0.15, 0.2) is 24.3 Å². The molecule has 4 rings (SSSR count). The van der Waals surface area contributed by atoms with Crippen LogP contribution in [0.1, 0.15) is 50.1 Å². The van der Waals surface area contributed by atoms with E-state index in [-0.39, 0.29) is 17.4 Å². The predicted molar refractivity (Wildman–Crippen MR) is 107 cm³/mol. The van der Waals surface area contributed by atoms with Crippen LogP contribution < -0.4 is 15.4 Å². The number of methoxy groups -OCH3 is 1. The van der Waals surface area contributed by atoms with E-state index in [9.17, 15) is 4.79 Å². The van der Waals surface area contributed by atoms with E-state index in [0.717, 1.165) is 38.3 Å². The number of amides is 1. The summed E-state index contributed by atoms with van der Waals surface area (Å²) < 4.78 is 5.31. The van der Waals surface area contributed by atoms with Gasteiger partial charge in [-0.15, -0.1) is 0 Å². The molecule has 0 bridgehead atoms. The lowest BCUT2D eigenvalue weighted by molar-refractivity contribution is -0.134. The standard InChI is InChI=1S/C22H33N3O2/c1-27-19-9-7-17(8-10-19)20(25-12-4-5-13-25)15-24-21(26)22-11-3-2-6-18(22)14-23-16-22/h7-10,18,20,23H,2-6,11-16H2,1H3,(H,24,26)/t18-,20?,22+/m0/s1. The number of likely N-dealkylation sites (tertiary alicyclic amines) is 1. The van der Waals surface area contributed by atoms with Gasteiger partial charge in [0.1, 0.15) is 5.75 Å². The normalized spacial score (nSPS) is 29.3. The van der Waals surface area contributed by atoms with Gasteiger partial charge in [0.2, 0.25) is 5.91 Å². The fourth-order valence-electron chi connectivity index (χ4n) is 5.39. The second kappa shape index (κ2) is 8.19. The van der Waals surface area contributed by atoms with Crippen LogP contribution in [0.4, 0.5) is 0 Å². The van der Waals surface area contributed by atoms with Gasteiger partial charge in [0.15, 0.2) is 0 Å². The van der Waals surface area contributed by atoms with Gasteiger partial charge in [-0.3, -0.25) is 9.69 Å². The summed E-state index contributed by atoms with van der Waals surface area (Å²) in [6, 6.07) is 8.59. The SMILES string of the molecule is COc1ccc(C(CNC(=O)[C@@]23CCCC[C@H]2CNC3)N2CCCC2)cc1. The number of rotatable bonds is 6. The molecule has 3 atom stereocenters. The Balaban J connectivity index is 1.47. The highest BCUT2D eigenvalue weighted by atomic mass is 16.5. The van der Waals surface area contributed by atoms with E-state index >= 15 is 0 Å². The van der Waals surface area contributed by atoms with Crippen molar-refractivity contribution >= 4 is 5.91 Å². The maximum absolute atomic E-state index is 13.3. The van der Waals surface area contributed by atoms with Gasteiger partial charge in [0.25, 0.3) is 0 Å². The Kier molecular flexibility index (Phi) is 5.69. The lowest BCUT2D eigenvalue weighted by Gasteiger charge is -2.38.